The number of nitrogens with one attached hydrogen (secondary N) is 1. The van der Waals surface area contributed by atoms with Crippen molar-refractivity contribution in [3.05, 3.63) is 50.4 Å². The maximum absolute atomic E-state index is 11.6. The number of rotatable bonds is 3. The lowest BCUT2D eigenvalue weighted by molar-refractivity contribution is -0.385. The van der Waals surface area contributed by atoms with Gasteiger partial charge in [-0.2, -0.15) is 0 Å². The quantitative estimate of drug-likeness (QED) is 0.508. The van der Waals surface area contributed by atoms with E-state index in [2.05, 4.69) is 10.3 Å². The van der Waals surface area contributed by atoms with Gasteiger partial charge in [0.25, 0.3) is 11.6 Å². The van der Waals surface area contributed by atoms with Gasteiger partial charge in [-0.25, -0.2) is 4.79 Å². The van der Waals surface area contributed by atoms with Crippen LogP contribution in [0.1, 0.15) is 5.56 Å². The van der Waals surface area contributed by atoms with Crippen LogP contribution in [0.2, 0.25) is 0 Å². The van der Waals surface area contributed by atoms with Crippen LogP contribution in [0.3, 0.4) is 0 Å². The topological polar surface area (TPSA) is 115 Å². The first-order valence-corrected chi connectivity index (χ1v) is 6.08. The molecule has 0 fully saturated rings. The lowest BCUT2D eigenvalue weighted by atomic mass is 10.0. The summed E-state index contributed by atoms with van der Waals surface area (Å²) in [6.45, 7) is 0.168. The normalized spacial score (nSPS) is 14.1. The molecule has 106 valence electrons. The van der Waals surface area contributed by atoms with Crippen molar-refractivity contribution in [2.75, 3.05) is 6.67 Å². The van der Waals surface area contributed by atoms with Crippen LogP contribution in [0.25, 0.3) is 11.0 Å². The van der Waals surface area contributed by atoms with Crippen molar-refractivity contribution in [1.82, 2.24) is 5.32 Å². The number of aliphatic imine (C=N–C) groups is 1. The smallest absolute Gasteiger partial charge is 0.336 e. The third-order valence-corrected chi connectivity index (χ3v) is 3.20. The second kappa shape index (κ2) is 4.82. The summed E-state index contributed by atoms with van der Waals surface area (Å²) in [5.41, 5.74) is 0.0768. The lowest BCUT2D eigenvalue weighted by Gasteiger charge is -2.06. The molecular weight excluding hydrogens is 278 g/mol. The van der Waals surface area contributed by atoms with Gasteiger partial charge in [-0.15, -0.1) is 0 Å². The Morgan fingerprint density at radius 2 is 2.10 bits per heavy atom. The van der Waals surface area contributed by atoms with Crippen molar-refractivity contribution in [3.8, 4) is 0 Å². The Labute approximate surface area is 117 Å². The van der Waals surface area contributed by atoms with Crippen molar-refractivity contribution in [2.45, 2.75) is 6.42 Å². The summed E-state index contributed by atoms with van der Waals surface area (Å²) in [5.74, 6) is -0.348. The minimum atomic E-state index is -0.543. The highest BCUT2D eigenvalue weighted by molar-refractivity contribution is 6.40. The van der Waals surface area contributed by atoms with Crippen LogP contribution in [-0.4, -0.2) is 23.2 Å². The van der Waals surface area contributed by atoms with Gasteiger partial charge in [0.05, 0.1) is 4.92 Å². The maximum Gasteiger partial charge on any atom is 0.336 e. The number of benzene rings is 1. The summed E-state index contributed by atoms with van der Waals surface area (Å²) in [5, 5.41) is 14.1. The predicted molar refractivity (Wildman–Crippen MR) is 73.3 cm³/mol. The van der Waals surface area contributed by atoms with Crippen LogP contribution in [0.5, 0.6) is 0 Å². The number of carbonyl (C=O) groups is 1. The van der Waals surface area contributed by atoms with Crippen LogP contribution >= 0.6 is 0 Å². The Bertz CT molecular complexity index is 852. The number of hydrogen-bond acceptors (Lipinski definition) is 6. The largest absolute Gasteiger partial charge is 0.423 e. The molecule has 0 spiro atoms. The summed E-state index contributed by atoms with van der Waals surface area (Å²) < 4.78 is 5.01. The van der Waals surface area contributed by atoms with Gasteiger partial charge in [-0.3, -0.25) is 19.9 Å². The molecule has 0 atom stereocenters. The summed E-state index contributed by atoms with van der Waals surface area (Å²) in [6, 6.07) is 5.27. The van der Waals surface area contributed by atoms with E-state index in [4.69, 9.17) is 4.42 Å². The summed E-state index contributed by atoms with van der Waals surface area (Å²) in [6.07, 6.45) is 0.00715. The van der Waals surface area contributed by atoms with E-state index in [0.717, 1.165) is 0 Å². The van der Waals surface area contributed by atoms with Crippen molar-refractivity contribution >= 4 is 28.3 Å². The number of nitrogens with zero attached hydrogens (tertiary/aromatic N) is 2. The summed E-state index contributed by atoms with van der Waals surface area (Å²) in [7, 11) is 0. The second-order valence-corrected chi connectivity index (χ2v) is 4.43. The molecule has 1 aromatic heterocycles. The van der Waals surface area contributed by atoms with Gasteiger partial charge in [0.2, 0.25) is 0 Å². The average molecular weight is 287 g/mol. The number of nitro groups is 1. The summed E-state index contributed by atoms with van der Waals surface area (Å²) in [4.78, 5) is 37.4. The fraction of sp³-hybridized carbons (Fsp3) is 0.154. The number of amides is 1. The maximum atomic E-state index is 11.6. The molecule has 1 amide bonds. The molecule has 1 aromatic carbocycles. The third-order valence-electron chi connectivity index (χ3n) is 3.20. The van der Waals surface area contributed by atoms with E-state index in [0.29, 0.717) is 10.9 Å². The molecule has 21 heavy (non-hydrogen) atoms. The van der Waals surface area contributed by atoms with E-state index in [-0.39, 0.29) is 36.0 Å². The molecule has 1 N–H and O–H groups in total. The Hall–Kier alpha value is -3.03. The molecule has 2 aromatic rings. The van der Waals surface area contributed by atoms with Gasteiger partial charge < -0.3 is 9.73 Å². The Balaban J connectivity index is 2.21. The van der Waals surface area contributed by atoms with Gasteiger partial charge in [-0.1, -0.05) is 0 Å². The van der Waals surface area contributed by atoms with Gasteiger partial charge >= 0.3 is 5.63 Å². The molecule has 3 rings (SSSR count). The Morgan fingerprint density at radius 1 is 1.29 bits per heavy atom. The fourth-order valence-electron chi connectivity index (χ4n) is 2.24. The molecule has 1 aliphatic rings. The van der Waals surface area contributed by atoms with Crippen LogP contribution < -0.4 is 10.9 Å². The van der Waals surface area contributed by atoms with Gasteiger partial charge in [0.15, 0.2) is 0 Å². The molecule has 0 aliphatic carbocycles. The molecule has 0 saturated carbocycles. The molecule has 0 radical (unpaired) electrons. The van der Waals surface area contributed by atoms with E-state index in [1.54, 1.807) is 0 Å². The zero-order valence-corrected chi connectivity index (χ0v) is 10.7. The van der Waals surface area contributed by atoms with E-state index >= 15 is 0 Å². The lowest BCUT2D eigenvalue weighted by Crippen LogP contribution is -2.24. The number of fused-ring (bicyclic) bond motifs is 1. The molecule has 1 aliphatic heterocycles. The van der Waals surface area contributed by atoms with E-state index in [9.17, 15) is 19.7 Å². The van der Waals surface area contributed by atoms with Crippen molar-refractivity contribution in [2.24, 2.45) is 4.99 Å². The zero-order chi connectivity index (χ0) is 15.0. The monoisotopic (exact) mass is 287 g/mol. The highest BCUT2D eigenvalue weighted by Gasteiger charge is 2.24. The predicted octanol–water partition coefficient (Wildman–Crippen LogP) is 0.772. The van der Waals surface area contributed by atoms with Crippen LogP contribution in [0.4, 0.5) is 5.69 Å². The van der Waals surface area contributed by atoms with E-state index in [1.165, 1.54) is 24.3 Å². The van der Waals surface area contributed by atoms with Gasteiger partial charge in [-0.05, 0) is 12.1 Å². The molecule has 8 nitrogen and oxygen atoms in total. The molecule has 8 heteroatoms. The van der Waals surface area contributed by atoms with Gasteiger partial charge in [0.1, 0.15) is 18.0 Å². The van der Waals surface area contributed by atoms with Crippen LogP contribution in [-0.2, 0) is 11.2 Å². The molecule has 0 saturated heterocycles. The van der Waals surface area contributed by atoms with Crippen molar-refractivity contribution < 1.29 is 14.1 Å². The van der Waals surface area contributed by atoms with E-state index in [1.807, 2.05) is 0 Å². The van der Waals surface area contributed by atoms with Crippen molar-refractivity contribution in [3.63, 3.8) is 0 Å². The fourth-order valence-corrected chi connectivity index (χ4v) is 2.24. The first-order valence-electron chi connectivity index (χ1n) is 6.08. The van der Waals surface area contributed by atoms with Gasteiger partial charge in [0, 0.05) is 29.5 Å². The standard InChI is InChI=1S/C13H9N3O5/c17-12-4-1-7-8(5-9-13(18)15-6-14-9)10(16(19)20)2-3-11(7)21-12/h1-4H,5-6H2,(H,15,18). The summed E-state index contributed by atoms with van der Waals surface area (Å²) >= 11 is 0. The molecule has 0 bridgehead atoms. The minimum absolute atomic E-state index is 0.00715. The second-order valence-electron chi connectivity index (χ2n) is 4.43. The minimum Gasteiger partial charge on any atom is -0.423 e. The highest BCUT2D eigenvalue weighted by Crippen LogP contribution is 2.28. The molecular formula is C13H9N3O5. The first-order chi connectivity index (χ1) is 10.1. The number of hydrogen-bond donors (Lipinski definition) is 1. The third kappa shape index (κ3) is 2.27. The SMILES string of the molecule is O=C1NCN=C1Cc1c([N+](=O)[O-])ccc2oc(=O)ccc12. The zero-order valence-electron chi connectivity index (χ0n) is 10.7. The number of carbonyl (C=O) groups excluding carboxylic acids is 1. The van der Waals surface area contributed by atoms with Crippen LogP contribution in [0.15, 0.2) is 38.5 Å². The Kier molecular flexibility index (Phi) is 2.98. The number of nitro benzene ring substituents is 1. The average Bonchev–Trinajstić information content (AvgIpc) is 2.84. The highest BCUT2D eigenvalue weighted by atomic mass is 16.6. The van der Waals surface area contributed by atoms with Crippen LogP contribution in [0, 0.1) is 10.1 Å². The van der Waals surface area contributed by atoms with E-state index < -0.39 is 10.5 Å². The van der Waals surface area contributed by atoms with Crippen molar-refractivity contribution in [1.29, 1.82) is 0 Å². The molecule has 0 unspecified atom stereocenters. The molecule has 2 heterocycles. The first kappa shape index (κ1) is 13.0. The Morgan fingerprint density at radius 3 is 2.76 bits per heavy atom.